The molecule has 2 aromatic carbocycles. The molecule has 0 saturated heterocycles. The van der Waals surface area contributed by atoms with Crippen LogP contribution in [0.4, 0.5) is 11.5 Å². The van der Waals surface area contributed by atoms with Gasteiger partial charge in [0.05, 0.1) is 0 Å². The van der Waals surface area contributed by atoms with Crippen molar-refractivity contribution in [2.45, 2.75) is 6.54 Å². The standard InChI is InChI=1S/C22H16ClN3O2/c23-19-20(22(28)17-9-2-1-8-16(17)21(19)27)26-15-7-5-6-14(12-15)13-25-18-10-3-4-11-24-18/h1-12,26H,13H2,(H,24,25). The van der Waals surface area contributed by atoms with Gasteiger partial charge in [0.2, 0.25) is 11.6 Å². The molecule has 0 aliphatic heterocycles. The minimum absolute atomic E-state index is 0.0966. The summed E-state index contributed by atoms with van der Waals surface area (Å²) in [5, 5.41) is 6.16. The van der Waals surface area contributed by atoms with Crippen molar-refractivity contribution in [3.63, 3.8) is 0 Å². The monoisotopic (exact) mass is 389 g/mol. The van der Waals surface area contributed by atoms with Gasteiger partial charge in [0, 0.05) is 29.6 Å². The predicted octanol–water partition coefficient (Wildman–Crippen LogP) is 4.64. The number of anilines is 2. The van der Waals surface area contributed by atoms with E-state index in [1.54, 1.807) is 30.5 Å². The molecule has 0 bridgehead atoms. The van der Waals surface area contributed by atoms with E-state index in [4.69, 9.17) is 11.6 Å². The fraction of sp³-hybridized carbons (Fsp3) is 0.0455. The number of ketones is 2. The summed E-state index contributed by atoms with van der Waals surface area (Å²) in [5.74, 6) is 0.126. The van der Waals surface area contributed by atoms with E-state index in [0.29, 0.717) is 23.4 Å². The zero-order chi connectivity index (χ0) is 19.5. The molecule has 4 rings (SSSR count). The quantitative estimate of drug-likeness (QED) is 0.665. The minimum Gasteiger partial charge on any atom is -0.366 e. The molecule has 0 radical (unpaired) electrons. The average molecular weight is 390 g/mol. The first-order chi connectivity index (χ1) is 13.6. The summed E-state index contributed by atoms with van der Waals surface area (Å²) in [6, 6.07) is 19.9. The van der Waals surface area contributed by atoms with Gasteiger partial charge in [-0.05, 0) is 29.8 Å². The van der Waals surface area contributed by atoms with Crippen LogP contribution in [0.1, 0.15) is 26.3 Å². The molecule has 2 N–H and O–H groups in total. The van der Waals surface area contributed by atoms with Crippen LogP contribution in [0.5, 0.6) is 0 Å². The normalized spacial score (nSPS) is 13.3. The van der Waals surface area contributed by atoms with E-state index in [1.807, 2.05) is 42.5 Å². The first-order valence-corrected chi connectivity index (χ1v) is 9.10. The SMILES string of the molecule is O=C1C(Cl)=C(Nc2cccc(CNc3ccccn3)c2)C(=O)c2ccccc21. The number of allylic oxidation sites excluding steroid dienone is 2. The molecule has 3 aromatic rings. The third-order valence-electron chi connectivity index (χ3n) is 4.40. The number of pyridine rings is 1. The molecule has 0 saturated carbocycles. The van der Waals surface area contributed by atoms with Crippen LogP contribution in [0, 0.1) is 0 Å². The van der Waals surface area contributed by atoms with Gasteiger partial charge in [-0.2, -0.15) is 0 Å². The highest BCUT2D eigenvalue weighted by molar-refractivity contribution is 6.50. The summed E-state index contributed by atoms with van der Waals surface area (Å²) in [6.07, 6.45) is 1.72. The van der Waals surface area contributed by atoms with Crippen LogP contribution < -0.4 is 10.6 Å². The highest BCUT2D eigenvalue weighted by atomic mass is 35.5. The van der Waals surface area contributed by atoms with Crippen molar-refractivity contribution in [1.82, 2.24) is 4.98 Å². The molecule has 1 heterocycles. The van der Waals surface area contributed by atoms with Crippen molar-refractivity contribution in [3.05, 3.63) is 100 Å². The summed E-state index contributed by atoms with van der Waals surface area (Å²) >= 11 is 6.21. The van der Waals surface area contributed by atoms with Crippen LogP contribution in [0.25, 0.3) is 0 Å². The molecule has 138 valence electrons. The molecule has 0 atom stereocenters. The van der Waals surface area contributed by atoms with Gasteiger partial charge in [-0.3, -0.25) is 9.59 Å². The molecule has 28 heavy (non-hydrogen) atoms. The smallest absolute Gasteiger partial charge is 0.211 e. The largest absolute Gasteiger partial charge is 0.366 e. The van der Waals surface area contributed by atoms with Crippen LogP contribution >= 0.6 is 11.6 Å². The van der Waals surface area contributed by atoms with E-state index in [9.17, 15) is 9.59 Å². The van der Waals surface area contributed by atoms with Crippen molar-refractivity contribution in [2.75, 3.05) is 10.6 Å². The maximum absolute atomic E-state index is 12.8. The van der Waals surface area contributed by atoms with Crippen molar-refractivity contribution < 1.29 is 9.59 Å². The molecule has 5 nitrogen and oxygen atoms in total. The van der Waals surface area contributed by atoms with E-state index in [2.05, 4.69) is 15.6 Å². The first-order valence-electron chi connectivity index (χ1n) is 8.72. The molecule has 1 aliphatic rings. The Morgan fingerprint density at radius 1 is 0.857 bits per heavy atom. The van der Waals surface area contributed by atoms with Gasteiger partial charge in [-0.25, -0.2) is 4.98 Å². The molecule has 0 unspecified atom stereocenters. The molecule has 1 aliphatic carbocycles. The third kappa shape index (κ3) is 3.52. The number of halogens is 1. The van der Waals surface area contributed by atoms with Gasteiger partial charge >= 0.3 is 0 Å². The number of hydrogen-bond acceptors (Lipinski definition) is 5. The second kappa shape index (κ2) is 7.66. The first kappa shape index (κ1) is 17.9. The van der Waals surface area contributed by atoms with E-state index in [0.717, 1.165) is 11.4 Å². The Hall–Kier alpha value is -3.44. The van der Waals surface area contributed by atoms with Gasteiger partial charge in [0.1, 0.15) is 16.5 Å². The third-order valence-corrected chi connectivity index (χ3v) is 4.76. The Labute approximate surface area is 167 Å². The number of benzene rings is 2. The molecule has 6 heteroatoms. The van der Waals surface area contributed by atoms with Crippen LogP contribution in [-0.2, 0) is 6.54 Å². The average Bonchev–Trinajstić information content (AvgIpc) is 2.75. The molecule has 1 aromatic heterocycles. The number of nitrogens with zero attached hydrogens (tertiary/aromatic N) is 1. The Bertz CT molecular complexity index is 1090. The lowest BCUT2D eigenvalue weighted by Gasteiger charge is -2.19. The predicted molar refractivity (Wildman–Crippen MR) is 110 cm³/mol. The molecular formula is C22H16ClN3O2. The van der Waals surface area contributed by atoms with Gasteiger partial charge in [0.15, 0.2) is 0 Å². The maximum Gasteiger partial charge on any atom is 0.211 e. The van der Waals surface area contributed by atoms with E-state index in [1.165, 1.54) is 0 Å². The van der Waals surface area contributed by atoms with Crippen LogP contribution in [0.2, 0.25) is 0 Å². The Balaban J connectivity index is 1.55. The van der Waals surface area contributed by atoms with Crippen molar-refractivity contribution in [2.24, 2.45) is 0 Å². The van der Waals surface area contributed by atoms with Crippen molar-refractivity contribution in [3.8, 4) is 0 Å². The fourth-order valence-corrected chi connectivity index (χ4v) is 3.26. The topological polar surface area (TPSA) is 71.1 Å². The van der Waals surface area contributed by atoms with Gasteiger partial charge < -0.3 is 10.6 Å². The number of hydrogen-bond donors (Lipinski definition) is 2. The Kier molecular flexibility index (Phi) is 4.91. The molecule has 0 amide bonds. The summed E-state index contributed by atoms with van der Waals surface area (Å²) in [6.45, 7) is 0.565. The maximum atomic E-state index is 12.8. The second-order valence-corrected chi connectivity index (χ2v) is 6.66. The number of Topliss-reactive ketones (excluding diaryl/α,β-unsaturated/α-hetero) is 2. The fourth-order valence-electron chi connectivity index (χ4n) is 3.02. The number of fused-ring (bicyclic) bond motifs is 1. The van der Waals surface area contributed by atoms with E-state index in [-0.39, 0.29) is 22.3 Å². The lowest BCUT2D eigenvalue weighted by atomic mass is 9.92. The molecule has 0 fully saturated rings. The zero-order valence-corrected chi connectivity index (χ0v) is 15.5. The number of rotatable bonds is 5. The summed E-state index contributed by atoms with van der Waals surface area (Å²) in [5.41, 5.74) is 2.44. The summed E-state index contributed by atoms with van der Waals surface area (Å²) in [7, 11) is 0. The van der Waals surface area contributed by atoms with Gasteiger partial charge in [0.25, 0.3) is 0 Å². The molecule has 0 spiro atoms. The Morgan fingerprint density at radius 2 is 1.61 bits per heavy atom. The minimum atomic E-state index is -0.354. The summed E-state index contributed by atoms with van der Waals surface area (Å²) < 4.78 is 0. The van der Waals surface area contributed by atoms with Crippen molar-refractivity contribution >= 4 is 34.7 Å². The van der Waals surface area contributed by atoms with Crippen molar-refractivity contribution in [1.29, 1.82) is 0 Å². The number of carbonyl (C=O) groups is 2. The van der Waals surface area contributed by atoms with Crippen LogP contribution in [0.3, 0.4) is 0 Å². The van der Waals surface area contributed by atoms with Gasteiger partial charge in [-0.15, -0.1) is 0 Å². The lowest BCUT2D eigenvalue weighted by molar-refractivity contribution is 0.0982. The summed E-state index contributed by atoms with van der Waals surface area (Å²) in [4.78, 5) is 29.5. The molecular weight excluding hydrogens is 374 g/mol. The van der Waals surface area contributed by atoms with E-state index >= 15 is 0 Å². The number of aromatic nitrogens is 1. The zero-order valence-electron chi connectivity index (χ0n) is 14.8. The number of nitrogens with one attached hydrogen (secondary N) is 2. The lowest BCUT2D eigenvalue weighted by Crippen LogP contribution is -2.24. The van der Waals surface area contributed by atoms with Gasteiger partial charge in [-0.1, -0.05) is 54.1 Å². The van der Waals surface area contributed by atoms with Crippen LogP contribution in [-0.4, -0.2) is 16.6 Å². The van der Waals surface area contributed by atoms with E-state index < -0.39 is 0 Å². The Morgan fingerprint density at radius 3 is 2.36 bits per heavy atom. The van der Waals surface area contributed by atoms with Crippen LogP contribution in [0.15, 0.2) is 83.7 Å². The highest BCUT2D eigenvalue weighted by Gasteiger charge is 2.31. The number of carbonyl (C=O) groups excluding carboxylic acids is 2. The second-order valence-electron chi connectivity index (χ2n) is 6.29. The highest BCUT2D eigenvalue weighted by Crippen LogP contribution is 2.29.